The van der Waals surface area contributed by atoms with Crippen LogP contribution in [0.15, 0.2) is 18.5 Å². The molecule has 0 saturated carbocycles. The van der Waals surface area contributed by atoms with E-state index < -0.39 is 16.1 Å². The SMILES string of the molecule is Cc1c(C(=O)NS(=O)(=O)N2CCCOCC2)cnc2ccnn12. The number of aryl methyl sites for hydroxylation is 1. The molecule has 0 spiro atoms. The van der Waals surface area contributed by atoms with Gasteiger partial charge < -0.3 is 4.74 Å². The maximum atomic E-state index is 12.3. The molecule has 3 heterocycles. The van der Waals surface area contributed by atoms with Crippen LogP contribution in [0.4, 0.5) is 0 Å². The van der Waals surface area contributed by atoms with Crippen molar-refractivity contribution in [1.82, 2.24) is 23.6 Å². The van der Waals surface area contributed by atoms with Crippen LogP contribution in [0.5, 0.6) is 0 Å². The summed E-state index contributed by atoms with van der Waals surface area (Å²) in [5.74, 6) is -0.724. The van der Waals surface area contributed by atoms with E-state index in [1.54, 1.807) is 19.2 Å². The second kappa shape index (κ2) is 6.22. The van der Waals surface area contributed by atoms with E-state index >= 15 is 0 Å². The zero-order valence-electron chi connectivity index (χ0n) is 12.6. The summed E-state index contributed by atoms with van der Waals surface area (Å²) in [4.78, 5) is 16.4. The van der Waals surface area contributed by atoms with Crippen molar-refractivity contribution in [3.05, 3.63) is 29.7 Å². The molecule has 0 radical (unpaired) electrons. The van der Waals surface area contributed by atoms with Crippen molar-refractivity contribution in [2.45, 2.75) is 13.3 Å². The quantitative estimate of drug-likeness (QED) is 0.825. The highest BCUT2D eigenvalue weighted by molar-refractivity contribution is 7.87. The fourth-order valence-electron chi connectivity index (χ4n) is 2.41. The molecule has 0 bridgehead atoms. The van der Waals surface area contributed by atoms with Crippen LogP contribution in [0.25, 0.3) is 5.65 Å². The van der Waals surface area contributed by atoms with Crippen LogP contribution in [0.2, 0.25) is 0 Å². The molecule has 9 nitrogen and oxygen atoms in total. The topological polar surface area (TPSA) is 106 Å². The number of fused-ring (bicyclic) bond motifs is 1. The number of rotatable bonds is 3. The summed E-state index contributed by atoms with van der Waals surface area (Å²) in [5, 5.41) is 4.06. The number of ether oxygens (including phenoxy) is 1. The largest absolute Gasteiger partial charge is 0.380 e. The van der Waals surface area contributed by atoms with Crippen molar-refractivity contribution in [2.24, 2.45) is 0 Å². The first-order valence-corrected chi connectivity index (χ1v) is 8.62. The molecule has 1 saturated heterocycles. The number of nitrogens with zero attached hydrogens (tertiary/aromatic N) is 4. The van der Waals surface area contributed by atoms with Crippen molar-refractivity contribution in [1.29, 1.82) is 0 Å². The van der Waals surface area contributed by atoms with Crippen LogP contribution in [0.3, 0.4) is 0 Å². The van der Waals surface area contributed by atoms with Crippen molar-refractivity contribution < 1.29 is 17.9 Å². The van der Waals surface area contributed by atoms with Gasteiger partial charge in [-0.25, -0.2) is 14.2 Å². The van der Waals surface area contributed by atoms with E-state index in [2.05, 4.69) is 14.8 Å². The van der Waals surface area contributed by atoms with Gasteiger partial charge in [-0.3, -0.25) is 4.79 Å². The number of carbonyl (C=O) groups is 1. The Morgan fingerprint density at radius 1 is 1.35 bits per heavy atom. The summed E-state index contributed by atoms with van der Waals surface area (Å²) in [6.45, 7) is 3.05. The minimum absolute atomic E-state index is 0.163. The first-order chi connectivity index (χ1) is 11.0. The van der Waals surface area contributed by atoms with Gasteiger partial charge in [-0.1, -0.05) is 0 Å². The van der Waals surface area contributed by atoms with Gasteiger partial charge in [-0.2, -0.15) is 17.8 Å². The van der Waals surface area contributed by atoms with E-state index in [-0.39, 0.29) is 12.1 Å². The standard InChI is InChI=1S/C13H17N5O4S/c1-10-11(9-14-12-3-4-15-18(10)12)13(19)16-23(20,21)17-5-2-7-22-8-6-17/h3-4,9H,2,5-8H2,1H3,(H,16,19). The molecular formula is C13H17N5O4S. The molecule has 0 atom stereocenters. The summed E-state index contributed by atoms with van der Waals surface area (Å²) in [7, 11) is -3.91. The second-order valence-electron chi connectivity index (χ2n) is 5.16. The third-order valence-corrected chi connectivity index (χ3v) is 5.13. The number of nitrogens with one attached hydrogen (secondary N) is 1. The van der Waals surface area contributed by atoms with Gasteiger partial charge in [0.25, 0.3) is 5.91 Å². The summed E-state index contributed by atoms with van der Waals surface area (Å²) >= 11 is 0. The van der Waals surface area contributed by atoms with Gasteiger partial charge in [0.1, 0.15) is 0 Å². The van der Waals surface area contributed by atoms with E-state index in [1.807, 2.05) is 0 Å². The molecular weight excluding hydrogens is 322 g/mol. The number of amides is 1. The van der Waals surface area contributed by atoms with Crippen LogP contribution in [-0.2, 0) is 14.9 Å². The van der Waals surface area contributed by atoms with Gasteiger partial charge in [0.05, 0.1) is 24.1 Å². The lowest BCUT2D eigenvalue weighted by atomic mass is 10.2. The van der Waals surface area contributed by atoms with Crippen LogP contribution in [-0.4, -0.2) is 59.5 Å². The Bertz CT molecular complexity index is 824. The van der Waals surface area contributed by atoms with Gasteiger partial charge in [0, 0.05) is 32.0 Å². The smallest absolute Gasteiger partial charge is 0.304 e. The van der Waals surface area contributed by atoms with Crippen LogP contribution < -0.4 is 4.72 Å². The van der Waals surface area contributed by atoms with E-state index in [9.17, 15) is 13.2 Å². The first kappa shape index (κ1) is 15.8. The van der Waals surface area contributed by atoms with Crippen LogP contribution >= 0.6 is 0 Å². The fraction of sp³-hybridized carbons (Fsp3) is 0.462. The maximum Gasteiger partial charge on any atom is 0.304 e. The molecule has 10 heteroatoms. The minimum atomic E-state index is -3.91. The van der Waals surface area contributed by atoms with Gasteiger partial charge >= 0.3 is 10.2 Å². The highest BCUT2D eigenvalue weighted by Crippen LogP contribution is 2.11. The lowest BCUT2D eigenvalue weighted by Crippen LogP contribution is -2.44. The van der Waals surface area contributed by atoms with Gasteiger partial charge in [-0.05, 0) is 13.3 Å². The summed E-state index contributed by atoms with van der Waals surface area (Å²) in [5.41, 5.74) is 1.27. The number of aromatic nitrogens is 3. The fourth-order valence-corrected chi connectivity index (χ4v) is 3.57. The second-order valence-corrected chi connectivity index (χ2v) is 6.83. The minimum Gasteiger partial charge on any atom is -0.380 e. The number of carbonyl (C=O) groups excluding carboxylic acids is 1. The van der Waals surface area contributed by atoms with Gasteiger partial charge in [0.15, 0.2) is 5.65 Å². The first-order valence-electron chi connectivity index (χ1n) is 7.18. The Balaban J connectivity index is 1.83. The normalized spacial score (nSPS) is 17.1. The predicted molar refractivity (Wildman–Crippen MR) is 81.1 cm³/mol. The zero-order valence-corrected chi connectivity index (χ0v) is 13.4. The molecule has 1 amide bonds. The van der Waals surface area contributed by atoms with Crippen molar-refractivity contribution >= 4 is 21.8 Å². The molecule has 1 aliphatic heterocycles. The molecule has 2 aromatic heterocycles. The lowest BCUT2D eigenvalue weighted by Gasteiger charge is -2.19. The van der Waals surface area contributed by atoms with Crippen LogP contribution in [0, 0.1) is 6.92 Å². The lowest BCUT2D eigenvalue weighted by molar-refractivity contribution is 0.0977. The monoisotopic (exact) mass is 339 g/mol. The van der Waals surface area contributed by atoms with E-state index in [4.69, 9.17) is 4.74 Å². The molecule has 1 aliphatic rings. The highest BCUT2D eigenvalue weighted by atomic mass is 32.2. The van der Waals surface area contributed by atoms with E-state index in [1.165, 1.54) is 15.0 Å². The van der Waals surface area contributed by atoms with Crippen molar-refractivity contribution in [2.75, 3.05) is 26.3 Å². The number of hydrogen-bond acceptors (Lipinski definition) is 6. The molecule has 0 aliphatic carbocycles. The van der Waals surface area contributed by atoms with Gasteiger partial charge in [-0.15, -0.1) is 0 Å². The van der Waals surface area contributed by atoms with Crippen LogP contribution in [0.1, 0.15) is 22.5 Å². The molecule has 0 unspecified atom stereocenters. The molecule has 1 N–H and O–H groups in total. The summed E-state index contributed by atoms with van der Waals surface area (Å²) in [6.07, 6.45) is 3.50. The van der Waals surface area contributed by atoms with E-state index in [0.717, 1.165) is 0 Å². The average molecular weight is 339 g/mol. The maximum absolute atomic E-state index is 12.3. The molecule has 23 heavy (non-hydrogen) atoms. The Labute approximate surface area is 133 Å². The Kier molecular flexibility index (Phi) is 4.28. The third kappa shape index (κ3) is 3.19. The highest BCUT2D eigenvalue weighted by Gasteiger charge is 2.26. The molecule has 2 aromatic rings. The zero-order chi connectivity index (χ0) is 16.4. The Morgan fingerprint density at radius 3 is 3.00 bits per heavy atom. The van der Waals surface area contributed by atoms with E-state index in [0.29, 0.717) is 37.5 Å². The number of hydrogen-bond donors (Lipinski definition) is 1. The molecule has 3 rings (SSSR count). The van der Waals surface area contributed by atoms with Crippen molar-refractivity contribution in [3.8, 4) is 0 Å². The summed E-state index contributed by atoms with van der Waals surface area (Å²) in [6, 6.07) is 1.70. The Hall–Kier alpha value is -2.04. The summed E-state index contributed by atoms with van der Waals surface area (Å²) < 4.78 is 34.7. The third-order valence-electron chi connectivity index (χ3n) is 3.64. The molecule has 124 valence electrons. The van der Waals surface area contributed by atoms with Crippen molar-refractivity contribution in [3.63, 3.8) is 0 Å². The molecule has 0 aromatic carbocycles. The van der Waals surface area contributed by atoms with Gasteiger partial charge in [0.2, 0.25) is 0 Å². The molecule has 1 fully saturated rings. The predicted octanol–water partition coefficient (Wildman–Crippen LogP) is -0.265. The Morgan fingerprint density at radius 2 is 2.17 bits per heavy atom. The average Bonchev–Trinajstić information content (AvgIpc) is 2.80.